The highest BCUT2D eigenvalue weighted by atomic mass is 32.1. The van der Waals surface area contributed by atoms with Crippen LogP contribution in [0, 0.1) is 0 Å². The summed E-state index contributed by atoms with van der Waals surface area (Å²) in [5.74, 6) is 0.732. The van der Waals surface area contributed by atoms with E-state index in [9.17, 15) is 4.79 Å². The Hall–Kier alpha value is -2.90. The molecule has 31 heavy (non-hydrogen) atoms. The molecule has 4 aromatic rings. The number of para-hydroxylation sites is 1. The van der Waals surface area contributed by atoms with Gasteiger partial charge >= 0.3 is 0 Å². The second-order valence-electron chi connectivity index (χ2n) is 7.63. The molecule has 6 nitrogen and oxygen atoms in total. The van der Waals surface area contributed by atoms with E-state index in [1.165, 1.54) is 16.9 Å². The molecule has 1 amide bonds. The number of fused-ring (bicyclic) bond motifs is 2. The van der Waals surface area contributed by atoms with E-state index in [4.69, 9.17) is 14.1 Å². The summed E-state index contributed by atoms with van der Waals surface area (Å²) in [6.45, 7) is 5.82. The Balaban J connectivity index is 1.73. The largest absolute Gasteiger partial charge is 0.490 e. The summed E-state index contributed by atoms with van der Waals surface area (Å²) in [7, 11) is 3.98. The average molecular weight is 438 g/mol. The van der Waals surface area contributed by atoms with Crippen molar-refractivity contribution < 1.29 is 13.9 Å². The molecular weight excluding hydrogens is 410 g/mol. The Morgan fingerprint density at radius 2 is 1.97 bits per heavy atom. The summed E-state index contributed by atoms with van der Waals surface area (Å²) in [6, 6.07) is 13.7. The summed E-state index contributed by atoms with van der Waals surface area (Å²) in [5.41, 5.74) is 2.76. The SMILES string of the molecule is CCOc1cccc2cc(C(=O)N(CCN(C)C)c3nc4ccc(CC)cc4s3)oc12. The van der Waals surface area contributed by atoms with E-state index < -0.39 is 0 Å². The van der Waals surface area contributed by atoms with Crippen LogP contribution in [0.25, 0.3) is 21.2 Å². The predicted molar refractivity (Wildman–Crippen MR) is 127 cm³/mol. The maximum absolute atomic E-state index is 13.5. The zero-order chi connectivity index (χ0) is 22.0. The highest BCUT2D eigenvalue weighted by Crippen LogP contribution is 2.33. The van der Waals surface area contributed by atoms with Crippen LogP contribution in [-0.4, -0.2) is 49.6 Å². The first kappa shape index (κ1) is 21.3. The second kappa shape index (κ2) is 9.08. The molecule has 0 fully saturated rings. The number of carbonyl (C=O) groups excluding carboxylic acids is 1. The van der Waals surface area contributed by atoms with Gasteiger partial charge in [0, 0.05) is 18.5 Å². The first-order chi connectivity index (χ1) is 15.0. The predicted octanol–water partition coefficient (Wildman–Crippen LogP) is 5.21. The number of ether oxygens (including phenoxy) is 1. The summed E-state index contributed by atoms with van der Waals surface area (Å²) in [4.78, 5) is 22.1. The Labute approximate surface area is 186 Å². The quantitative estimate of drug-likeness (QED) is 0.379. The van der Waals surface area contributed by atoms with Gasteiger partial charge in [0.05, 0.1) is 16.8 Å². The zero-order valence-corrected chi connectivity index (χ0v) is 19.2. The van der Waals surface area contributed by atoms with Gasteiger partial charge in [-0.1, -0.05) is 36.5 Å². The average Bonchev–Trinajstić information content (AvgIpc) is 3.38. The Morgan fingerprint density at radius 3 is 2.71 bits per heavy atom. The number of rotatable bonds is 8. The monoisotopic (exact) mass is 437 g/mol. The van der Waals surface area contributed by atoms with Crippen LogP contribution in [-0.2, 0) is 6.42 Å². The lowest BCUT2D eigenvalue weighted by molar-refractivity contribution is 0.0960. The van der Waals surface area contributed by atoms with Crippen molar-refractivity contribution >= 4 is 43.6 Å². The van der Waals surface area contributed by atoms with Crippen LogP contribution >= 0.6 is 11.3 Å². The van der Waals surface area contributed by atoms with Gasteiger partial charge in [-0.05, 0) is 57.3 Å². The number of nitrogens with zero attached hydrogens (tertiary/aromatic N) is 3. The van der Waals surface area contributed by atoms with E-state index in [2.05, 4.69) is 24.0 Å². The molecule has 162 valence electrons. The second-order valence-corrected chi connectivity index (χ2v) is 8.64. The molecule has 0 unspecified atom stereocenters. The van der Waals surface area contributed by atoms with Crippen LogP contribution in [0.1, 0.15) is 30.0 Å². The number of likely N-dealkylation sites (N-methyl/N-ethyl adjacent to an activating group) is 1. The molecule has 0 spiro atoms. The molecule has 0 saturated carbocycles. The van der Waals surface area contributed by atoms with Gasteiger partial charge in [0.25, 0.3) is 5.91 Å². The van der Waals surface area contributed by atoms with Gasteiger partial charge in [0.2, 0.25) is 0 Å². The van der Waals surface area contributed by atoms with Crippen LogP contribution < -0.4 is 9.64 Å². The van der Waals surface area contributed by atoms with E-state index in [1.54, 1.807) is 11.0 Å². The van der Waals surface area contributed by atoms with Crippen LogP contribution in [0.3, 0.4) is 0 Å². The normalized spacial score (nSPS) is 11.5. The fourth-order valence-corrected chi connectivity index (χ4v) is 4.47. The fourth-order valence-electron chi connectivity index (χ4n) is 3.42. The van der Waals surface area contributed by atoms with Gasteiger partial charge in [-0.2, -0.15) is 0 Å². The highest BCUT2D eigenvalue weighted by molar-refractivity contribution is 7.22. The lowest BCUT2D eigenvalue weighted by Crippen LogP contribution is -2.36. The molecule has 0 saturated heterocycles. The van der Waals surface area contributed by atoms with Crippen LogP contribution in [0.2, 0.25) is 0 Å². The van der Waals surface area contributed by atoms with Crippen molar-refractivity contribution in [2.45, 2.75) is 20.3 Å². The number of hydrogen-bond acceptors (Lipinski definition) is 6. The molecule has 2 heterocycles. The van der Waals surface area contributed by atoms with Crippen molar-refractivity contribution in [3.05, 3.63) is 53.8 Å². The number of hydrogen-bond donors (Lipinski definition) is 0. The van der Waals surface area contributed by atoms with E-state index in [0.717, 1.165) is 22.0 Å². The lowest BCUT2D eigenvalue weighted by Gasteiger charge is -2.20. The minimum absolute atomic E-state index is 0.199. The van der Waals surface area contributed by atoms with Crippen molar-refractivity contribution in [1.29, 1.82) is 0 Å². The fraction of sp³-hybridized carbons (Fsp3) is 0.333. The summed E-state index contributed by atoms with van der Waals surface area (Å²) >= 11 is 1.54. The van der Waals surface area contributed by atoms with E-state index in [0.29, 0.717) is 36.2 Å². The molecule has 4 rings (SSSR count). The standard InChI is InChI=1S/C24H27N3O3S/c1-5-16-10-11-18-21(14-16)31-24(25-18)27(13-12-26(3)4)23(28)20-15-17-8-7-9-19(29-6-2)22(17)30-20/h7-11,14-15H,5-6,12-13H2,1-4H3. The highest BCUT2D eigenvalue weighted by Gasteiger charge is 2.25. The zero-order valence-electron chi connectivity index (χ0n) is 18.3. The molecule has 0 aliphatic carbocycles. The molecule has 0 atom stereocenters. The Kier molecular flexibility index (Phi) is 6.25. The Bertz CT molecular complexity index is 1210. The molecule has 0 N–H and O–H groups in total. The van der Waals surface area contributed by atoms with Crippen molar-refractivity contribution in [3.8, 4) is 5.75 Å². The number of carbonyl (C=O) groups is 1. The first-order valence-electron chi connectivity index (χ1n) is 10.5. The maximum atomic E-state index is 13.5. The molecule has 2 aromatic carbocycles. The third-order valence-electron chi connectivity index (χ3n) is 5.12. The molecule has 2 aromatic heterocycles. The van der Waals surface area contributed by atoms with Crippen LogP contribution in [0.15, 0.2) is 46.9 Å². The number of thiazole rings is 1. The number of aryl methyl sites for hydroxylation is 1. The lowest BCUT2D eigenvalue weighted by atomic mass is 10.2. The minimum atomic E-state index is -0.199. The van der Waals surface area contributed by atoms with Gasteiger partial charge in [-0.25, -0.2) is 4.98 Å². The number of anilines is 1. The van der Waals surface area contributed by atoms with Crippen LogP contribution in [0.4, 0.5) is 5.13 Å². The van der Waals surface area contributed by atoms with E-state index in [1.807, 2.05) is 45.3 Å². The minimum Gasteiger partial charge on any atom is -0.490 e. The summed E-state index contributed by atoms with van der Waals surface area (Å²) in [5, 5.41) is 1.53. The van der Waals surface area contributed by atoms with E-state index in [-0.39, 0.29) is 11.7 Å². The number of amides is 1. The smallest absolute Gasteiger partial charge is 0.295 e. The van der Waals surface area contributed by atoms with E-state index >= 15 is 0 Å². The van der Waals surface area contributed by atoms with Crippen LogP contribution in [0.5, 0.6) is 5.75 Å². The van der Waals surface area contributed by atoms with Gasteiger partial charge in [-0.15, -0.1) is 0 Å². The summed E-state index contributed by atoms with van der Waals surface area (Å²) < 4.78 is 12.7. The van der Waals surface area contributed by atoms with Gasteiger partial charge in [0.1, 0.15) is 0 Å². The first-order valence-corrected chi connectivity index (χ1v) is 11.3. The van der Waals surface area contributed by atoms with Gasteiger partial charge < -0.3 is 14.1 Å². The number of benzene rings is 2. The Morgan fingerprint density at radius 1 is 1.13 bits per heavy atom. The third-order valence-corrected chi connectivity index (χ3v) is 6.16. The van der Waals surface area contributed by atoms with Gasteiger partial charge in [-0.3, -0.25) is 9.69 Å². The van der Waals surface area contributed by atoms with Crippen molar-refractivity contribution in [3.63, 3.8) is 0 Å². The molecule has 0 bridgehead atoms. The van der Waals surface area contributed by atoms with Crippen molar-refractivity contribution in [2.75, 3.05) is 38.7 Å². The molecule has 7 heteroatoms. The van der Waals surface area contributed by atoms with Crippen molar-refractivity contribution in [1.82, 2.24) is 9.88 Å². The number of aromatic nitrogens is 1. The number of furan rings is 1. The van der Waals surface area contributed by atoms with Gasteiger partial charge in [0.15, 0.2) is 22.2 Å². The molecule has 0 aliphatic heterocycles. The molecular formula is C24H27N3O3S. The van der Waals surface area contributed by atoms with Crippen molar-refractivity contribution in [2.24, 2.45) is 0 Å². The summed E-state index contributed by atoms with van der Waals surface area (Å²) in [6.07, 6.45) is 0.966. The molecule has 0 aliphatic rings. The third kappa shape index (κ3) is 4.43. The molecule has 0 radical (unpaired) electrons. The topological polar surface area (TPSA) is 58.8 Å². The maximum Gasteiger partial charge on any atom is 0.295 e.